The fourth-order valence-electron chi connectivity index (χ4n) is 3.73. The number of hydrogen-bond donors (Lipinski definition) is 2. The maximum atomic E-state index is 12.9. The lowest BCUT2D eigenvalue weighted by Gasteiger charge is -2.19. The van der Waals surface area contributed by atoms with Crippen LogP contribution in [0.2, 0.25) is 0 Å². The van der Waals surface area contributed by atoms with Crippen LogP contribution in [0.3, 0.4) is 0 Å². The van der Waals surface area contributed by atoms with E-state index in [4.69, 9.17) is 9.47 Å². The van der Waals surface area contributed by atoms with Crippen LogP contribution in [-0.2, 0) is 9.53 Å². The van der Waals surface area contributed by atoms with Crippen molar-refractivity contribution in [1.82, 2.24) is 5.32 Å². The van der Waals surface area contributed by atoms with E-state index in [1.807, 2.05) is 78.9 Å². The van der Waals surface area contributed by atoms with E-state index in [2.05, 4.69) is 21.2 Å². The van der Waals surface area contributed by atoms with Gasteiger partial charge >= 0.3 is 5.97 Å². The van der Waals surface area contributed by atoms with E-state index in [1.54, 1.807) is 6.07 Å². The molecule has 4 aromatic carbocycles. The molecule has 0 aromatic heterocycles. The molecule has 0 aliphatic rings. The highest BCUT2D eigenvalue weighted by molar-refractivity contribution is 9.10. The fraction of sp³-hybridized carbons (Fsp3) is 0.103. The number of carbonyl (C=O) groups excluding carboxylic acids is 2. The smallest absolute Gasteiger partial charge is 0.307 e. The number of esters is 1. The van der Waals surface area contributed by atoms with Gasteiger partial charge in [0.15, 0.2) is 0 Å². The first kappa shape index (κ1) is 25.0. The molecule has 7 heteroatoms. The number of benzene rings is 4. The van der Waals surface area contributed by atoms with Crippen molar-refractivity contribution in [2.24, 2.45) is 0 Å². The maximum absolute atomic E-state index is 12.9. The highest BCUT2D eigenvalue weighted by Gasteiger charge is 2.22. The SMILES string of the molecule is COC(=O)CC(NC(=O)c1cc(Br)ccc1O)c1ccc(-c2ccccc2Oc2ccccc2)cc1. The summed E-state index contributed by atoms with van der Waals surface area (Å²) >= 11 is 3.31. The Bertz CT molecular complexity index is 1360. The summed E-state index contributed by atoms with van der Waals surface area (Å²) in [5.74, 6) is 0.315. The van der Waals surface area contributed by atoms with Gasteiger partial charge < -0.3 is 19.9 Å². The van der Waals surface area contributed by atoms with Gasteiger partial charge in [-0.1, -0.05) is 76.6 Å². The number of rotatable bonds is 8. The molecule has 0 radical (unpaired) electrons. The molecule has 1 amide bonds. The number of phenolic OH excluding ortho intramolecular Hbond substituents is 1. The van der Waals surface area contributed by atoms with E-state index in [0.29, 0.717) is 15.8 Å². The van der Waals surface area contributed by atoms with E-state index in [0.717, 1.165) is 16.9 Å². The third-order valence-corrected chi connectivity index (χ3v) is 6.08. The first-order valence-electron chi connectivity index (χ1n) is 11.2. The zero-order valence-electron chi connectivity index (χ0n) is 19.5. The molecular formula is C29H24BrNO5. The van der Waals surface area contributed by atoms with Crippen LogP contribution in [0.1, 0.15) is 28.4 Å². The summed E-state index contributed by atoms with van der Waals surface area (Å²) in [4.78, 5) is 25.0. The van der Waals surface area contributed by atoms with Crippen molar-refractivity contribution in [2.45, 2.75) is 12.5 Å². The topological polar surface area (TPSA) is 84.9 Å². The summed E-state index contributed by atoms with van der Waals surface area (Å²) in [5, 5.41) is 13.0. The number of aromatic hydroxyl groups is 1. The molecule has 0 saturated carbocycles. The molecule has 1 atom stereocenters. The van der Waals surface area contributed by atoms with Gasteiger partial charge in [0.2, 0.25) is 0 Å². The van der Waals surface area contributed by atoms with Crippen molar-refractivity contribution < 1.29 is 24.2 Å². The molecule has 4 aromatic rings. The fourth-order valence-corrected chi connectivity index (χ4v) is 4.09. The molecule has 36 heavy (non-hydrogen) atoms. The summed E-state index contributed by atoms with van der Waals surface area (Å²) in [6.07, 6.45) is -0.0654. The minimum atomic E-state index is -0.659. The van der Waals surface area contributed by atoms with E-state index < -0.39 is 17.9 Å². The van der Waals surface area contributed by atoms with E-state index in [-0.39, 0.29) is 17.7 Å². The number of halogens is 1. The molecule has 0 aliphatic carbocycles. The van der Waals surface area contributed by atoms with Crippen molar-refractivity contribution >= 4 is 27.8 Å². The molecule has 0 saturated heterocycles. The van der Waals surface area contributed by atoms with E-state index >= 15 is 0 Å². The van der Waals surface area contributed by atoms with Gasteiger partial charge in [-0.2, -0.15) is 0 Å². The second kappa shape index (κ2) is 11.6. The Balaban J connectivity index is 1.60. The summed E-state index contributed by atoms with van der Waals surface area (Å²) in [5.41, 5.74) is 2.63. The van der Waals surface area contributed by atoms with Gasteiger partial charge in [-0.25, -0.2) is 0 Å². The predicted molar refractivity (Wildman–Crippen MR) is 141 cm³/mol. The second-order valence-corrected chi connectivity index (χ2v) is 8.92. The average Bonchev–Trinajstić information content (AvgIpc) is 2.90. The summed E-state index contributed by atoms with van der Waals surface area (Å²) in [6, 6.07) is 28.7. The van der Waals surface area contributed by atoms with Crippen LogP contribution in [-0.4, -0.2) is 24.1 Å². The molecule has 0 heterocycles. The Labute approximate surface area is 217 Å². The van der Waals surface area contributed by atoms with Crippen molar-refractivity contribution in [3.8, 4) is 28.4 Å². The Kier molecular flexibility index (Phi) is 8.02. The lowest BCUT2D eigenvalue weighted by Crippen LogP contribution is -2.30. The highest BCUT2D eigenvalue weighted by Crippen LogP contribution is 2.34. The van der Waals surface area contributed by atoms with Gasteiger partial charge in [-0.05, 0) is 47.5 Å². The van der Waals surface area contributed by atoms with E-state index in [9.17, 15) is 14.7 Å². The van der Waals surface area contributed by atoms with Crippen LogP contribution in [0.25, 0.3) is 11.1 Å². The number of ether oxygens (including phenoxy) is 2. The standard InChI is InChI=1S/C29H24BrNO5/c1-35-28(33)18-25(31-29(34)24-17-21(30)15-16-26(24)32)20-13-11-19(12-14-20)23-9-5-6-10-27(23)36-22-7-3-2-4-8-22/h2-17,25,32H,18H2,1H3,(H,31,34). The first-order chi connectivity index (χ1) is 17.4. The first-order valence-corrected chi connectivity index (χ1v) is 12.0. The van der Waals surface area contributed by atoms with Gasteiger partial charge in [-0.15, -0.1) is 0 Å². The van der Waals surface area contributed by atoms with Crippen LogP contribution in [0.15, 0.2) is 102 Å². The van der Waals surface area contributed by atoms with Crippen molar-refractivity contribution in [3.63, 3.8) is 0 Å². The molecule has 1 unspecified atom stereocenters. The number of amides is 1. The normalized spacial score (nSPS) is 11.4. The zero-order chi connectivity index (χ0) is 25.5. The highest BCUT2D eigenvalue weighted by atomic mass is 79.9. The molecule has 0 aliphatic heterocycles. The number of nitrogens with one attached hydrogen (secondary N) is 1. The minimum Gasteiger partial charge on any atom is -0.507 e. The van der Waals surface area contributed by atoms with Crippen molar-refractivity contribution in [2.75, 3.05) is 7.11 Å². The van der Waals surface area contributed by atoms with Gasteiger partial charge in [-0.3, -0.25) is 9.59 Å². The lowest BCUT2D eigenvalue weighted by molar-refractivity contribution is -0.141. The molecular weight excluding hydrogens is 522 g/mol. The Morgan fingerprint density at radius 2 is 1.61 bits per heavy atom. The molecule has 2 N–H and O–H groups in total. The predicted octanol–water partition coefficient (Wildman–Crippen LogP) is 6.65. The molecule has 0 bridgehead atoms. The molecule has 0 spiro atoms. The third kappa shape index (κ3) is 6.12. The summed E-state index contributed by atoms with van der Waals surface area (Å²) in [7, 11) is 1.30. The number of hydrogen-bond acceptors (Lipinski definition) is 5. The van der Waals surface area contributed by atoms with Crippen LogP contribution in [0.4, 0.5) is 0 Å². The van der Waals surface area contributed by atoms with Crippen molar-refractivity contribution in [1.29, 1.82) is 0 Å². The van der Waals surface area contributed by atoms with E-state index in [1.165, 1.54) is 19.2 Å². The van der Waals surface area contributed by atoms with Gasteiger partial charge in [0, 0.05) is 10.0 Å². The monoisotopic (exact) mass is 545 g/mol. The Morgan fingerprint density at radius 1 is 0.917 bits per heavy atom. The van der Waals surface area contributed by atoms with Gasteiger partial charge in [0.05, 0.1) is 25.1 Å². The second-order valence-electron chi connectivity index (χ2n) is 8.00. The van der Waals surface area contributed by atoms with Crippen molar-refractivity contribution in [3.05, 3.63) is 113 Å². The molecule has 0 fully saturated rings. The minimum absolute atomic E-state index is 0.0654. The largest absolute Gasteiger partial charge is 0.507 e. The number of carbonyl (C=O) groups is 2. The molecule has 182 valence electrons. The Morgan fingerprint density at radius 3 is 2.33 bits per heavy atom. The zero-order valence-corrected chi connectivity index (χ0v) is 21.1. The maximum Gasteiger partial charge on any atom is 0.307 e. The van der Waals surface area contributed by atoms with Crippen LogP contribution < -0.4 is 10.1 Å². The number of methoxy groups -OCH3 is 1. The number of phenols is 1. The number of para-hydroxylation sites is 2. The average molecular weight is 546 g/mol. The van der Waals surface area contributed by atoms with Gasteiger partial charge in [0.25, 0.3) is 5.91 Å². The van der Waals surface area contributed by atoms with Crippen LogP contribution in [0.5, 0.6) is 17.2 Å². The molecule has 6 nitrogen and oxygen atoms in total. The molecule has 4 rings (SSSR count). The van der Waals surface area contributed by atoms with Crippen LogP contribution >= 0.6 is 15.9 Å². The third-order valence-electron chi connectivity index (χ3n) is 5.59. The summed E-state index contributed by atoms with van der Waals surface area (Å²) in [6.45, 7) is 0. The van der Waals surface area contributed by atoms with Gasteiger partial charge in [0.1, 0.15) is 17.2 Å². The van der Waals surface area contributed by atoms with Crippen LogP contribution in [0, 0.1) is 0 Å². The lowest BCUT2D eigenvalue weighted by atomic mass is 9.98. The Hall–Kier alpha value is -4.10. The quantitative estimate of drug-likeness (QED) is 0.242. The summed E-state index contributed by atoms with van der Waals surface area (Å²) < 4.78 is 11.6.